The van der Waals surface area contributed by atoms with E-state index in [-0.39, 0.29) is 6.10 Å². The molecule has 0 saturated heterocycles. The first-order valence-corrected chi connectivity index (χ1v) is 4.90. The van der Waals surface area contributed by atoms with Gasteiger partial charge in [0.05, 0.1) is 6.10 Å². The van der Waals surface area contributed by atoms with Crippen LogP contribution in [0.2, 0.25) is 0 Å². The van der Waals surface area contributed by atoms with Crippen molar-refractivity contribution in [1.29, 1.82) is 0 Å². The van der Waals surface area contributed by atoms with Gasteiger partial charge in [-0.3, -0.25) is 0 Å². The van der Waals surface area contributed by atoms with E-state index in [0.29, 0.717) is 5.92 Å². The number of halogens is 1. The molecule has 1 saturated carbocycles. The largest absolute Gasteiger partial charge is 0.393 e. The van der Waals surface area contributed by atoms with Gasteiger partial charge in [0.1, 0.15) is 0 Å². The molecule has 1 rings (SSSR count). The molecule has 0 heterocycles. The van der Waals surface area contributed by atoms with Gasteiger partial charge in [0, 0.05) is 12.1 Å². The summed E-state index contributed by atoms with van der Waals surface area (Å²) in [6, 6.07) is 0. The van der Waals surface area contributed by atoms with Gasteiger partial charge in [-0.1, -0.05) is 17.7 Å². The third kappa shape index (κ3) is 3.57. The maximum atomic E-state index is 9.24. The van der Waals surface area contributed by atoms with Crippen LogP contribution < -0.4 is 5.32 Å². The highest BCUT2D eigenvalue weighted by Gasteiger charge is 2.21. The van der Waals surface area contributed by atoms with Gasteiger partial charge in [-0.2, -0.15) is 0 Å². The van der Waals surface area contributed by atoms with Crippen LogP contribution in [-0.4, -0.2) is 24.3 Å². The van der Waals surface area contributed by atoms with Gasteiger partial charge in [0.15, 0.2) is 0 Å². The van der Waals surface area contributed by atoms with E-state index in [2.05, 4.69) is 5.32 Å². The molecule has 2 unspecified atom stereocenters. The second kappa shape index (κ2) is 5.57. The molecular formula is C9H16ClNO. The lowest BCUT2D eigenvalue weighted by molar-refractivity contribution is 0.177. The van der Waals surface area contributed by atoms with E-state index in [1.54, 1.807) is 0 Å². The molecule has 2 atom stereocenters. The molecule has 1 aliphatic carbocycles. The van der Waals surface area contributed by atoms with E-state index < -0.39 is 0 Å². The zero-order chi connectivity index (χ0) is 8.81. The van der Waals surface area contributed by atoms with Crippen molar-refractivity contribution < 1.29 is 5.11 Å². The molecule has 0 aromatic rings. The summed E-state index contributed by atoms with van der Waals surface area (Å²) in [5.41, 5.74) is 1.52. The SMILES string of the molecule is OC1CCC(CNC/C=C/Cl)C1. The van der Waals surface area contributed by atoms with Crippen LogP contribution in [0.3, 0.4) is 0 Å². The Hall–Kier alpha value is -0.0500. The Morgan fingerprint density at radius 1 is 1.50 bits per heavy atom. The van der Waals surface area contributed by atoms with Crippen LogP contribution in [0.1, 0.15) is 19.3 Å². The molecule has 2 nitrogen and oxygen atoms in total. The maximum Gasteiger partial charge on any atom is 0.0543 e. The molecule has 12 heavy (non-hydrogen) atoms. The van der Waals surface area contributed by atoms with Gasteiger partial charge in [0.2, 0.25) is 0 Å². The minimum Gasteiger partial charge on any atom is -0.393 e. The van der Waals surface area contributed by atoms with Crippen LogP contribution in [0.25, 0.3) is 0 Å². The normalized spacial score (nSPS) is 30.2. The van der Waals surface area contributed by atoms with Gasteiger partial charge in [0.25, 0.3) is 0 Å². The lowest BCUT2D eigenvalue weighted by Gasteiger charge is -2.08. The van der Waals surface area contributed by atoms with Gasteiger partial charge >= 0.3 is 0 Å². The predicted octanol–water partition coefficient (Wildman–Crippen LogP) is 1.49. The van der Waals surface area contributed by atoms with Crippen LogP contribution in [0.4, 0.5) is 0 Å². The van der Waals surface area contributed by atoms with E-state index in [9.17, 15) is 5.11 Å². The van der Waals surface area contributed by atoms with E-state index >= 15 is 0 Å². The Balaban J connectivity index is 2.00. The van der Waals surface area contributed by atoms with Gasteiger partial charge in [-0.25, -0.2) is 0 Å². The second-order valence-electron chi connectivity index (χ2n) is 3.35. The number of aliphatic hydroxyl groups is 1. The first-order valence-electron chi connectivity index (χ1n) is 4.47. The zero-order valence-electron chi connectivity index (χ0n) is 7.17. The molecule has 2 N–H and O–H groups in total. The molecule has 3 heteroatoms. The van der Waals surface area contributed by atoms with Gasteiger partial charge in [-0.05, 0) is 31.7 Å². The Labute approximate surface area is 78.6 Å². The average Bonchev–Trinajstić information content (AvgIpc) is 2.45. The highest BCUT2D eigenvalue weighted by molar-refractivity contribution is 6.25. The third-order valence-corrected chi connectivity index (χ3v) is 2.48. The number of rotatable bonds is 4. The van der Waals surface area contributed by atoms with Crippen molar-refractivity contribution in [2.24, 2.45) is 5.92 Å². The van der Waals surface area contributed by atoms with Crippen molar-refractivity contribution in [2.75, 3.05) is 13.1 Å². The fourth-order valence-electron chi connectivity index (χ4n) is 1.65. The Kier molecular flexibility index (Phi) is 4.66. The van der Waals surface area contributed by atoms with Crippen molar-refractivity contribution in [1.82, 2.24) is 5.32 Å². The minimum absolute atomic E-state index is 0.0552. The smallest absolute Gasteiger partial charge is 0.0543 e. The summed E-state index contributed by atoms with van der Waals surface area (Å²) in [5, 5.41) is 12.5. The third-order valence-electron chi connectivity index (χ3n) is 2.30. The summed E-state index contributed by atoms with van der Waals surface area (Å²) in [7, 11) is 0. The summed E-state index contributed by atoms with van der Waals surface area (Å²) in [6.07, 6.45) is 4.90. The van der Waals surface area contributed by atoms with E-state index in [1.165, 1.54) is 5.54 Å². The molecule has 0 aromatic carbocycles. The summed E-state index contributed by atoms with van der Waals surface area (Å²) < 4.78 is 0. The van der Waals surface area contributed by atoms with Gasteiger partial charge < -0.3 is 10.4 Å². The van der Waals surface area contributed by atoms with Crippen LogP contribution in [0.5, 0.6) is 0 Å². The molecule has 0 aromatic heterocycles. The first-order chi connectivity index (χ1) is 5.83. The maximum absolute atomic E-state index is 9.24. The highest BCUT2D eigenvalue weighted by atomic mass is 35.5. The van der Waals surface area contributed by atoms with Gasteiger partial charge in [-0.15, -0.1) is 0 Å². The standard InChI is InChI=1S/C9H16ClNO/c10-4-1-5-11-7-8-2-3-9(12)6-8/h1,4,8-9,11-12H,2-3,5-7H2/b4-1+. The molecule has 0 spiro atoms. The molecule has 0 radical (unpaired) electrons. The fraction of sp³-hybridized carbons (Fsp3) is 0.778. The molecule has 0 aliphatic heterocycles. The summed E-state index contributed by atoms with van der Waals surface area (Å²) in [6.45, 7) is 1.83. The Morgan fingerprint density at radius 3 is 2.92 bits per heavy atom. The summed E-state index contributed by atoms with van der Waals surface area (Å²) >= 11 is 5.36. The molecular weight excluding hydrogens is 174 g/mol. The van der Waals surface area contributed by atoms with Crippen LogP contribution >= 0.6 is 11.6 Å². The van der Waals surface area contributed by atoms with Crippen molar-refractivity contribution in [3.8, 4) is 0 Å². The number of aliphatic hydroxyl groups excluding tert-OH is 1. The second-order valence-corrected chi connectivity index (χ2v) is 3.60. The average molecular weight is 190 g/mol. The van der Waals surface area contributed by atoms with Crippen molar-refractivity contribution in [3.05, 3.63) is 11.6 Å². The minimum atomic E-state index is -0.0552. The van der Waals surface area contributed by atoms with Crippen molar-refractivity contribution in [3.63, 3.8) is 0 Å². The number of hydrogen-bond donors (Lipinski definition) is 2. The van der Waals surface area contributed by atoms with Crippen LogP contribution in [0, 0.1) is 5.92 Å². The summed E-state index contributed by atoms with van der Waals surface area (Å²) in [4.78, 5) is 0. The van der Waals surface area contributed by atoms with E-state index in [1.807, 2.05) is 6.08 Å². The van der Waals surface area contributed by atoms with Crippen LogP contribution in [-0.2, 0) is 0 Å². The summed E-state index contributed by atoms with van der Waals surface area (Å²) in [5.74, 6) is 0.656. The molecule has 1 aliphatic rings. The lowest BCUT2D eigenvalue weighted by Crippen LogP contribution is -2.21. The topological polar surface area (TPSA) is 32.3 Å². The van der Waals surface area contributed by atoms with Crippen molar-refractivity contribution in [2.45, 2.75) is 25.4 Å². The first kappa shape index (κ1) is 10.0. The highest BCUT2D eigenvalue weighted by Crippen LogP contribution is 2.24. The quantitative estimate of drug-likeness (QED) is 0.657. The monoisotopic (exact) mass is 189 g/mol. The number of nitrogens with one attached hydrogen (secondary N) is 1. The van der Waals surface area contributed by atoms with Crippen molar-refractivity contribution >= 4 is 11.6 Å². The zero-order valence-corrected chi connectivity index (χ0v) is 7.93. The Bertz CT molecular complexity index is 149. The fourth-order valence-corrected chi connectivity index (χ4v) is 1.74. The van der Waals surface area contributed by atoms with E-state index in [4.69, 9.17) is 11.6 Å². The molecule has 0 bridgehead atoms. The number of hydrogen-bond acceptors (Lipinski definition) is 2. The predicted molar refractivity (Wildman–Crippen MR) is 51.2 cm³/mol. The molecule has 0 amide bonds. The molecule has 70 valence electrons. The lowest BCUT2D eigenvalue weighted by atomic mass is 10.1. The Morgan fingerprint density at radius 2 is 2.33 bits per heavy atom. The van der Waals surface area contributed by atoms with Crippen LogP contribution in [0.15, 0.2) is 11.6 Å². The van der Waals surface area contributed by atoms with E-state index in [0.717, 1.165) is 32.4 Å². The molecule has 1 fully saturated rings.